The molecule has 0 spiro atoms. The van der Waals surface area contributed by atoms with Crippen LogP contribution in [0.15, 0.2) is 21.9 Å². The Morgan fingerprint density at radius 3 is 2.73 bits per heavy atom. The zero-order valence-corrected chi connectivity index (χ0v) is 15.7. The van der Waals surface area contributed by atoms with Crippen LogP contribution in [0.3, 0.4) is 0 Å². The first-order chi connectivity index (χ1) is 12.3. The smallest absolute Gasteiger partial charge is 0.243 e. The molecule has 0 aliphatic carbocycles. The quantitative estimate of drug-likeness (QED) is 0.646. The van der Waals surface area contributed by atoms with Crippen molar-refractivity contribution in [2.75, 3.05) is 13.7 Å². The second-order valence-corrected chi connectivity index (χ2v) is 7.67. The summed E-state index contributed by atoms with van der Waals surface area (Å²) >= 11 is 0. The largest absolute Gasteiger partial charge is 0.383 e. The average Bonchev–Trinajstić information content (AvgIpc) is 3.21. The van der Waals surface area contributed by atoms with Gasteiger partial charge in [-0.05, 0) is 42.2 Å². The predicted molar refractivity (Wildman–Crippen MR) is 91.9 cm³/mol. The van der Waals surface area contributed by atoms with Gasteiger partial charge in [-0.2, -0.15) is 0 Å². The molecule has 140 valence electrons. The zero-order chi connectivity index (χ0) is 18.9. The van der Waals surface area contributed by atoms with Gasteiger partial charge < -0.3 is 9.30 Å². The number of ether oxygens (including phenoxy) is 1. The molecule has 26 heavy (non-hydrogen) atoms. The predicted octanol–water partition coefficient (Wildman–Crippen LogP) is 1.12. The number of sulfonamides is 1. The van der Waals surface area contributed by atoms with Crippen molar-refractivity contribution in [1.82, 2.24) is 29.8 Å². The fourth-order valence-electron chi connectivity index (χ4n) is 2.89. The maximum absolute atomic E-state index is 13.0. The van der Waals surface area contributed by atoms with Gasteiger partial charge in [-0.1, -0.05) is 6.07 Å². The van der Waals surface area contributed by atoms with Crippen molar-refractivity contribution in [3.8, 4) is 0 Å². The normalized spacial score (nSPS) is 13.4. The first kappa shape index (κ1) is 18.4. The van der Waals surface area contributed by atoms with E-state index in [0.717, 1.165) is 5.56 Å². The number of aromatic nitrogens is 5. The lowest BCUT2D eigenvalue weighted by molar-refractivity contribution is 0.185. The fourth-order valence-corrected chi connectivity index (χ4v) is 4.45. The van der Waals surface area contributed by atoms with E-state index in [9.17, 15) is 8.42 Å². The van der Waals surface area contributed by atoms with Crippen LogP contribution in [0.2, 0.25) is 0 Å². The van der Waals surface area contributed by atoms with E-state index in [1.54, 1.807) is 31.6 Å². The number of benzene rings is 1. The molecule has 0 radical (unpaired) electrons. The topological polar surface area (TPSA) is 125 Å². The van der Waals surface area contributed by atoms with Gasteiger partial charge in [-0.15, -0.1) is 10.2 Å². The van der Waals surface area contributed by atoms with Crippen LogP contribution in [-0.2, 0) is 21.3 Å². The molecule has 0 fully saturated rings. The maximum atomic E-state index is 13.0. The molecule has 1 atom stereocenters. The average molecular weight is 380 g/mol. The first-order valence-corrected chi connectivity index (χ1v) is 9.45. The number of hydrogen-bond donors (Lipinski definition) is 1. The number of aryl methyl sites for hydroxylation is 2. The minimum Gasteiger partial charge on any atom is -0.383 e. The Balaban J connectivity index is 1.95. The number of nitrogens with one attached hydrogen (secondary N) is 1. The lowest BCUT2D eigenvalue weighted by atomic mass is 10.1. The van der Waals surface area contributed by atoms with Crippen molar-refractivity contribution < 1.29 is 17.8 Å². The second kappa shape index (κ2) is 7.09. The minimum absolute atomic E-state index is 0.0501. The van der Waals surface area contributed by atoms with Gasteiger partial charge in [-0.3, -0.25) is 0 Å². The second-order valence-electron chi connectivity index (χ2n) is 6.02. The molecule has 1 N–H and O–H groups in total. The first-order valence-electron chi connectivity index (χ1n) is 7.96. The van der Waals surface area contributed by atoms with E-state index in [1.165, 1.54) is 6.33 Å². The van der Waals surface area contributed by atoms with Crippen molar-refractivity contribution in [3.63, 3.8) is 0 Å². The highest BCUT2D eigenvalue weighted by molar-refractivity contribution is 7.89. The molecule has 0 saturated carbocycles. The van der Waals surface area contributed by atoms with Gasteiger partial charge in [0.25, 0.3) is 0 Å². The summed E-state index contributed by atoms with van der Waals surface area (Å²) in [4.78, 5) is 0.0501. The van der Waals surface area contributed by atoms with E-state index in [0.29, 0.717) is 30.1 Å². The van der Waals surface area contributed by atoms with E-state index in [4.69, 9.17) is 9.37 Å². The van der Waals surface area contributed by atoms with Gasteiger partial charge in [0.15, 0.2) is 11.3 Å². The minimum atomic E-state index is -3.89. The molecule has 2 heterocycles. The fraction of sp³-hybridized carbons (Fsp3) is 0.467. The Hall–Kier alpha value is -2.37. The number of nitrogens with zero attached hydrogens (tertiary/aromatic N) is 5. The van der Waals surface area contributed by atoms with Gasteiger partial charge in [0.1, 0.15) is 16.7 Å². The van der Waals surface area contributed by atoms with Crippen molar-refractivity contribution in [3.05, 3.63) is 29.3 Å². The van der Waals surface area contributed by atoms with Gasteiger partial charge in [0.2, 0.25) is 10.0 Å². The van der Waals surface area contributed by atoms with Crippen molar-refractivity contribution in [2.24, 2.45) is 0 Å². The molecule has 10 nitrogen and oxygen atoms in total. The van der Waals surface area contributed by atoms with E-state index in [1.807, 2.05) is 6.92 Å². The third kappa shape index (κ3) is 3.32. The molecule has 1 unspecified atom stereocenters. The van der Waals surface area contributed by atoms with Crippen LogP contribution in [0, 0.1) is 13.8 Å². The van der Waals surface area contributed by atoms with Crippen LogP contribution < -0.4 is 4.72 Å². The van der Waals surface area contributed by atoms with Gasteiger partial charge in [0, 0.05) is 13.7 Å². The van der Waals surface area contributed by atoms with Crippen molar-refractivity contribution in [1.29, 1.82) is 0 Å². The lowest BCUT2D eigenvalue weighted by Crippen LogP contribution is -2.30. The third-order valence-corrected chi connectivity index (χ3v) is 5.75. The molecule has 0 bridgehead atoms. The Morgan fingerprint density at radius 2 is 2.00 bits per heavy atom. The van der Waals surface area contributed by atoms with E-state index in [-0.39, 0.29) is 10.4 Å². The van der Waals surface area contributed by atoms with Crippen LogP contribution in [-0.4, -0.2) is 47.2 Å². The lowest BCUT2D eigenvalue weighted by Gasteiger charge is -2.16. The van der Waals surface area contributed by atoms with Gasteiger partial charge >= 0.3 is 0 Å². The van der Waals surface area contributed by atoms with Crippen LogP contribution in [0.5, 0.6) is 0 Å². The molecule has 0 aliphatic rings. The summed E-state index contributed by atoms with van der Waals surface area (Å²) in [6.45, 7) is 6.22. The summed E-state index contributed by atoms with van der Waals surface area (Å²) in [6.07, 6.45) is 1.54. The number of fused-ring (bicyclic) bond motifs is 1. The SMILES string of the molecule is COCCn1cnnc1C(C)NS(=O)(=O)c1c(C)cc(C)c2nonc12. The number of rotatable bonds is 7. The highest BCUT2D eigenvalue weighted by Crippen LogP contribution is 2.28. The van der Waals surface area contributed by atoms with Crippen LogP contribution >= 0.6 is 0 Å². The van der Waals surface area contributed by atoms with Crippen molar-refractivity contribution in [2.45, 2.75) is 38.3 Å². The molecule has 2 aromatic heterocycles. The zero-order valence-electron chi connectivity index (χ0n) is 14.9. The summed E-state index contributed by atoms with van der Waals surface area (Å²) < 4.78 is 40.2. The molecule has 3 aromatic rings. The third-order valence-electron chi connectivity index (χ3n) is 4.04. The molecule has 3 rings (SSSR count). The van der Waals surface area contributed by atoms with E-state index >= 15 is 0 Å². The van der Waals surface area contributed by atoms with Gasteiger partial charge in [-0.25, -0.2) is 17.8 Å². The maximum Gasteiger partial charge on any atom is 0.243 e. The van der Waals surface area contributed by atoms with Crippen LogP contribution in [0.25, 0.3) is 11.0 Å². The standard InChI is InChI=1S/C15H20N6O4S/c1-9-7-10(2)14(13-12(9)18-25-19-13)26(22,23)20-11(3)15-17-16-8-21(15)5-6-24-4/h7-8,11,20H,5-6H2,1-4H3. The Kier molecular flexibility index (Phi) is 5.03. The number of hydrogen-bond acceptors (Lipinski definition) is 8. The summed E-state index contributed by atoms with van der Waals surface area (Å²) in [7, 11) is -2.30. The summed E-state index contributed by atoms with van der Waals surface area (Å²) in [5, 5.41) is 15.4. The molecular formula is C15H20N6O4S. The molecule has 0 aliphatic heterocycles. The monoisotopic (exact) mass is 380 g/mol. The molecule has 0 amide bonds. The molecule has 0 saturated heterocycles. The van der Waals surface area contributed by atoms with Crippen LogP contribution in [0.1, 0.15) is 29.9 Å². The van der Waals surface area contributed by atoms with E-state index < -0.39 is 16.1 Å². The number of methoxy groups -OCH3 is 1. The Bertz CT molecular complexity index is 1030. The van der Waals surface area contributed by atoms with E-state index in [2.05, 4.69) is 25.2 Å². The van der Waals surface area contributed by atoms with Crippen LogP contribution in [0.4, 0.5) is 0 Å². The van der Waals surface area contributed by atoms with Crippen molar-refractivity contribution >= 4 is 21.1 Å². The molecular weight excluding hydrogens is 360 g/mol. The summed E-state index contributed by atoms with van der Waals surface area (Å²) in [5.74, 6) is 0.491. The summed E-state index contributed by atoms with van der Waals surface area (Å²) in [6, 6.07) is 1.14. The Morgan fingerprint density at radius 1 is 1.27 bits per heavy atom. The highest BCUT2D eigenvalue weighted by Gasteiger charge is 2.27. The summed E-state index contributed by atoms with van der Waals surface area (Å²) in [5.41, 5.74) is 1.99. The molecule has 1 aromatic carbocycles. The molecule has 11 heteroatoms. The highest BCUT2D eigenvalue weighted by atomic mass is 32.2. The van der Waals surface area contributed by atoms with Gasteiger partial charge in [0.05, 0.1) is 12.6 Å². The Labute approximate surface area is 150 Å².